The van der Waals surface area contributed by atoms with E-state index in [0.717, 1.165) is 0 Å². The molecule has 1 aliphatic heterocycles. The first kappa shape index (κ1) is 18.3. The summed E-state index contributed by atoms with van der Waals surface area (Å²) in [6.07, 6.45) is -0.134. The number of nitrogens with two attached hydrogens (primary N) is 1. The van der Waals surface area contributed by atoms with Crippen LogP contribution < -0.4 is 15.8 Å². The summed E-state index contributed by atoms with van der Waals surface area (Å²) in [7, 11) is 2.90. The van der Waals surface area contributed by atoms with Gasteiger partial charge in [-0.1, -0.05) is 0 Å². The number of ether oxygens (including phenoxy) is 2. The van der Waals surface area contributed by atoms with Crippen LogP contribution in [-0.2, 0) is 4.74 Å². The van der Waals surface area contributed by atoms with Crippen molar-refractivity contribution in [2.24, 2.45) is 5.73 Å². The number of nitro groups is 1. The fraction of sp³-hybridized carbons (Fsp3) is 0.467. The van der Waals surface area contributed by atoms with Crippen molar-refractivity contribution in [3.05, 3.63) is 27.8 Å². The number of anilines is 1. The predicted molar refractivity (Wildman–Crippen MR) is 88.8 cm³/mol. The van der Waals surface area contributed by atoms with Gasteiger partial charge in [-0.25, -0.2) is 4.79 Å². The topological polar surface area (TPSA) is 137 Å². The van der Waals surface area contributed by atoms with E-state index in [-0.39, 0.29) is 29.2 Å². The summed E-state index contributed by atoms with van der Waals surface area (Å²) >= 11 is 0. The number of methoxy groups -OCH3 is 1. The van der Waals surface area contributed by atoms with Crippen LogP contribution in [0.25, 0.3) is 0 Å². The van der Waals surface area contributed by atoms with Crippen LogP contribution in [0, 0.1) is 10.1 Å². The molecule has 3 N–H and O–H groups in total. The number of primary amides is 1. The zero-order valence-corrected chi connectivity index (χ0v) is 14.0. The lowest BCUT2D eigenvalue weighted by molar-refractivity contribution is -0.384. The third kappa shape index (κ3) is 4.08. The highest BCUT2D eigenvalue weighted by molar-refractivity contribution is 5.97. The molecule has 0 aromatic heterocycles. The van der Waals surface area contributed by atoms with Crippen LogP contribution in [0.2, 0.25) is 0 Å². The number of hydrogen-bond acceptors (Lipinski definition) is 7. The Kier molecular flexibility index (Phi) is 5.63. The molecule has 136 valence electrons. The molecule has 2 rings (SSSR count). The smallest absolute Gasteiger partial charge is 0.404 e. The van der Waals surface area contributed by atoms with E-state index >= 15 is 0 Å². The SMILES string of the molecule is CNc1c(OC)cc(C(=O)N2CCC[C@@H](OC(N)=O)C2)cc1[N+](=O)[O-]. The van der Waals surface area contributed by atoms with Gasteiger partial charge < -0.3 is 25.4 Å². The molecular formula is C15H20N4O6. The van der Waals surface area contributed by atoms with Crippen LogP contribution in [0.4, 0.5) is 16.2 Å². The van der Waals surface area contributed by atoms with Crippen molar-refractivity contribution in [2.45, 2.75) is 18.9 Å². The van der Waals surface area contributed by atoms with Gasteiger partial charge in [0.05, 0.1) is 24.1 Å². The van der Waals surface area contributed by atoms with Gasteiger partial charge in [-0.05, 0) is 18.9 Å². The molecule has 1 heterocycles. The Morgan fingerprint density at radius 2 is 2.16 bits per heavy atom. The lowest BCUT2D eigenvalue weighted by Gasteiger charge is -2.32. The number of benzene rings is 1. The number of amides is 2. The van der Waals surface area contributed by atoms with E-state index < -0.39 is 23.0 Å². The molecular weight excluding hydrogens is 332 g/mol. The van der Waals surface area contributed by atoms with Crippen LogP contribution in [0.15, 0.2) is 12.1 Å². The van der Waals surface area contributed by atoms with Crippen molar-refractivity contribution in [1.29, 1.82) is 0 Å². The van der Waals surface area contributed by atoms with Crippen molar-refractivity contribution in [3.8, 4) is 5.75 Å². The molecule has 10 heteroatoms. The minimum Gasteiger partial charge on any atom is -0.494 e. The zero-order chi connectivity index (χ0) is 18.6. The number of nitrogens with zero attached hydrogens (tertiary/aromatic N) is 2. The van der Waals surface area contributed by atoms with Gasteiger partial charge in [-0.15, -0.1) is 0 Å². The average molecular weight is 352 g/mol. The summed E-state index contributed by atoms with van der Waals surface area (Å²) in [5.74, 6) is -0.205. The standard InChI is InChI=1S/C15H20N4O6/c1-17-13-11(19(22)23)6-9(7-12(13)24-2)14(20)18-5-3-4-10(8-18)25-15(16)21/h6-7,10,17H,3-5,8H2,1-2H3,(H2,16,21)/t10-/m1/s1. The number of carbonyl (C=O) groups excluding carboxylic acids is 2. The van der Waals surface area contributed by atoms with E-state index in [4.69, 9.17) is 15.2 Å². The molecule has 1 aliphatic rings. The minimum atomic E-state index is -0.894. The highest BCUT2D eigenvalue weighted by Gasteiger charge is 2.29. The van der Waals surface area contributed by atoms with Gasteiger partial charge in [-0.3, -0.25) is 14.9 Å². The molecule has 1 atom stereocenters. The Balaban J connectivity index is 2.30. The van der Waals surface area contributed by atoms with Crippen LogP contribution in [0.3, 0.4) is 0 Å². The molecule has 0 bridgehead atoms. The Labute approximate surface area is 144 Å². The summed E-state index contributed by atoms with van der Waals surface area (Å²) < 4.78 is 10.1. The summed E-state index contributed by atoms with van der Waals surface area (Å²) in [5.41, 5.74) is 5.08. The van der Waals surface area contributed by atoms with Crippen LogP contribution >= 0.6 is 0 Å². The first-order chi connectivity index (χ1) is 11.9. The van der Waals surface area contributed by atoms with E-state index in [1.165, 1.54) is 31.2 Å². The lowest BCUT2D eigenvalue weighted by Crippen LogP contribution is -2.44. The third-order valence-electron chi connectivity index (χ3n) is 3.94. The van der Waals surface area contributed by atoms with E-state index in [1.807, 2.05) is 0 Å². The molecule has 0 spiro atoms. The van der Waals surface area contributed by atoms with E-state index in [1.54, 1.807) is 0 Å². The molecule has 1 saturated heterocycles. The number of nitro benzene ring substituents is 1. The Morgan fingerprint density at radius 1 is 1.44 bits per heavy atom. The maximum absolute atomic E-state index is 12.7. The zero-order valence-electron chi connectivity index (χ0n) is 14.0. The number of carbonyl (C=O) groups is 2. The molecule has 1 aromatic carbocycles. The summed E-state index contributed by atoms with van der Waals surface area (Å²) in [6, 6.07) is 2.65. The minimum absolute atomic E-state index is 0.127. The lowest BCUT2D eigenvalue weighted by atomic mass is 10.1. The highest BCUT2D eigenvalue weighted by atomic mass is 16.6. The van der Waals surface area contributed by atoms with Gasteiger partial charge in [0, 0.05) is 19.7 Å². The average Bonchev–Trinajstić information content (AvgIpc) is 2.59. The van der Waals surface area contributed by atoms with Crippen molar-refractivity contribution >= 4 is 23.4 Å². The first-order valence-electron chi connectivity index (χ1n) is 7.67. The molecule has 1 aromatic rings. The first-order valence-corrected chi connectivity index (χ1v) is 7.67. The fourth-order valence-corrected chi connectivity index (χ4v) is 2.85. The second-order valence-electron chi connectivity index (χ2n) is 5.53. The Bertz CT molecular complexity index is 693. The number of piperidine rings is 1. The van der Waals surface area contributed by atoms with Crippen LogP contribution in [0.1, 0.15) is 23.2 Å². The normalized spacial score (nSPS) is 16.9. The molecule has 10 nitrogen and oxygen atoms in total. The molecule has 2 amide bonds. The predicted octanol–water partition coefficient (Wildman–Crippen LogP) is 1.34. The van der Waals surface area contributed by atoms with Crippen molar-refractivity contribution in [2.75, 3.05) is 32.6 Å². The second kappa shape index (κ2) is 7.69. The van der Waals surface area contributed by atoms with E-state index in [9.17, 15) is 19.7 Å². The van der Waals surface area contributed by atoms with Gasteiger partial charge >= 0.3 is 6.09 Å². The highest BCUT2D eigenvalue weighted by Crippen LogP contribution is 2.36. The Morgan fingerprint density at radius 3 is 2.72 bits per heavy atom. The van der Waals surface area contributed by atoms with Gasteiger partial charge in [0.25, 0.3) is 11.6 Å². The molecule has 25 heavy (non-hydrogen) atoms. The summed E-state index contributed by atoms with van der Waals surface area (Å²) in [5, 5.41) is 14.0. The summed E-state index contributed by atoms with van der Waals surface area (Å²) in [6.45, 7) is 0.646. The van der Waals surface area contributed by atoms with E-state index in [0.29, 0.717) is 19.4 Å². The Hall–Kier alpha value is -3.04. The van der Waals surface area contributed by atoms with Crippen LogP contribution in [-0.4, -0.2) is 55.2 Å². The number of nitrogens with one attached hydrogen (secondary N) is 1. The molecule has 0 aliphatic carbocycles. The molecule has 0 radical (unpaired) electrons. The monoisotopic (exact) mass is 352 g/mol. The van der Waals surface area contributed by atoms with Crippen molar-refractivity contribution in [3.63, 3.8) is 0 Å². The van der Waals surface area contributed by atoms with Gasteiger partial charge in [0.15, 0.2) is 5.69 Å². The fourth-order valence-electron chi connectivity index (χ4n) is 2.85. The third-order valence-corrected chi connectivity index (χ3v) is 3.94. The second-order valence-corrected chi connectivity index (χ2v) is 5.53. The number of rotatable bonds is 5. The van der Waals surface area contributed by atoms with Crippen molar-refractivity contribution in [1.82, 2.24) is 4.90 Å². The maximum atomic E-state index is 12.7. The maximum Gasteiger partial charge on any atom is 0.404 e. The number of likely N-dealkylation sites (tertiary alicyclic amines) is 1. The summed E-state index contributed by atoms with van der Waals surface area (Å²) in [4.78, 5) is 35.8. The molecule has 0 unspecified atom stereocenters. The van der Waals surface area contributed by atoms with Gasteiger partial charge in [0.2, 0.25) is 0 Å². The van der Waals surface area contributed by atoms with Crippen molar-refractivity contribution < 1.29 is 24.0 Å². The van der Waals surface area contributed by atoms with Gasteiger partial charge in [0.1, 0.15) is 11.9 Å². The quantitative estimate of drug-likeness (QED) is 0.602. The largest absolute Gasteiger partial charge is 0.494 e. The molecule has 0 saturated carbocycles. The van der Waals surface area contributed by atoms with E-state index in [2.05, 4.69) is 5.32 Å². The number of hydrogen-bond donors (Lipinski definition) is 2. The van der Waals surface area contributed by atoms with Crippen LogP contribution in [0.5, 0.6) is 5.75 Å². The van der Waals surface area contributed by atoms with Gasteiger partial charge in [-0.2, -0.15) is 0 Å². The molecule has 1 fully saturated rings.